The summed E-state index contributed by atoms with van der Waals surface area (Å²) in [6, 6.07) is 10.5. The molecule has 3 rings (SSSR count). The number of benzene rings is 2. The number of rotatable bonds is 4. The van der Waals surface area contributed by atoms with Crippen LogP contribution in [-0.2, 0) is 0 Å². The summed E-state index contributed by atoms with van der Waals surface area (Å²) in [6.45, 7) is 0. The zero-order chi connectivity index (χ0) is 16.2. The molecular weight excluding hydrogens is 316 g/mol. The molecule has 1 fully saturated rings. The Labute approximate surface area is 138 Å². The van der Waals surface area contributed by atoms with Crippen LogP contribution in [0.2, 0.25) is 0 Å². The lowest BCUT2D eigenvalue weighted by Crippen LogP contribution is -2.14. The molecule has 2 nitrogen and oxygen atoms in total. The summed E-state index contributed by atoms with van der Waals surface area (Å²) >= 11 is 1.75. The van der Waals surface area contributed by atoms with Gasteiger partial charge in [-0.05, 0) is 37.1 Å². The number of carbonyl (C=O) groups is 1. The summed E-state index contributed by atoms with van der Waals surface area (Å²) in [5.41, 5.74) is 0.505. The maximum absolute atomic E-state index is 13.7. The van der Waals surface area contributed by atoms with Gasteiger partial charge in [0.25, 0.3) is 5.91 Å². The van der Waals surface area contributed by atoms with E-state index in [1.54, 1.807) is 17.8 Å². The first-order valence-corrected chi connectivity index (χ1v) is 8.53. The van der Waals surface area contributed by atoms with E-state index < -0.39 is 17.5 Å². The smallest absolute Gasteiger partial charge is 0.258 e. The van der Waals surface area contributed by atoms with Gasteiger partial charge in [-0.3, -0.25) is 4.79 Å². The van der Waals surface area contributed by atoms with Gasteiger partial charge >= 0.3 is 0 Å². The third-order valence-electron chi connectivity index (χ3n) is 3.91. The molecule has 0 saturated heterocycles. The van der Waals surface area contributed by atoms with Crippen molar-refractivity contribution < 1.29 is 13.6 Å². The minimum atomic E-state index is -0.858. The fourth-order valence-electron chi connectivity index (χ4n) is 2.72. The molecular formula is C18H17F2NOS. The van der Waals surface area contributed by atoms with E-state index in [1.165, 1.54) is 25.7 Å². The number of amides is 1. The van der Waals surface area contributed by atoms with Crippen LogP contribution in [0.4, 0.5) is 14.5 Å². The molecule has 2 aromatic rings. The van der Waals surface area contributed by atoms with Gasteiger partial charge in [0.05, 0.1) is 11.3 Å². The molecule has 0 radical (unpaired) electrons. The average molecular weight is 333 g/mol. The van der Waals surface area contributed by atoms with E-state index >= 15 is 0 Å². The van der Waals surface area contributed by atoms with Gasteiger partial charge in [0, 0.05) is 16.2 Å². The molecule has 0 aromatic heterocycles. The molecule has 2 aromatic carbocycles. The van der Waals surface area contributed by atoms with Gasteiger partial charge in [0.2, 0.25) is 0 Å². The Bertz CT molecular complexity index is 714. The molecule has 0 bridgehead atoms. The van der Waals surface area contributed by atoms with Crippen molar-refractivity contribution in [1.82, 2.24) is 0 Å². The number of nitrogens with one attached hydrogen (secondary N) is 1. The summed E-state index contributed by atoms with van der Waals surface area (Å²) in [5.74, 6) is -2.12. The summed E-state index contributed by atoms with van der Waals surface area (Å²) in [5, 5.41) is 3.30. The van der Waals surface area contributed by atoms with Crippen molar-refractivity contribution in [3.63, 3.8) is 0 Å². The number of halogens is 2. The van der Waals surface area contributed by atoms with Crippen LogP contribution in [0.3, 0.4) is 0 Å². The molecule has 0 atom stereocenters. The Morgan fingerprint density at radius 3 is 2.57 bits per heavy atom. The lowest BCUT2D eigenvalue weighted by molar-refractivity contribution is 0.102. The lowest BCUT2D eigenvalue weighted by Gasteiger charge is -2.14. The Balaban J connectivity index is 1.77. The van der Waals surface area contributed by atoms with Gasteiger partial charge in [-0.15, -0.1) is 11.8 Å². The number of carbonyl (C=O) groups excluding carboxylic acids is 1. The maximum Gasteiger partial charge on any atom is 0.258 e. The van der Waals surface area contributed by atoms with Gasteiger partial charge in [-0.2, -0.15) is 0 Å². The molecule has 1 N–H and O–H groups in total. The van der Waals surface area contributed by atoms with Gasteiger partial charge in [0.15, 0.2) is 0 Å². The molecule has 5 heteroatoms. The second-order valence-corrected chi connectivity index (χ2v) is 6.94. The van der Waals surface area contributed by atoms with E-state index in [2.05, 4.69) is 5.32 Å². The number of hydrogen-bond donors (Lipinski definition) is 1. The largest absolute Gasteiger partial charge is 0.321 e. The Hall–Kier alpha value is -1.88. The molecule has 1 amide bonds. The number of anilines is 1. The van der Waals surface area contributed by atoms with E-state index in [0.29, 0.717) is 17.0 Å². The van der Waals surface area contributed by atoms with Crippen LogP contribution in [0.5, 0.6) is 0 Å². The molecule has 0 aliphatic heterocycles. The first kappa shape index (κ1) is 16.0. The fraction of sp³-hybridized carbons (Fsp3) is 0.278. The molecule has 1 saturated carbocycles. The number of thioether (sulfide) groups is 1. The summed E-state index contributed by atoms with van der Waals surface area (Å²) in [7, 11) is 0. The van der Waals surface area contributed by atoms with Crippen LogP contribution in [0.1, 0.15) is 36.0 Å². The summed E-state index contributed by atoms with van der Waals surface area (Å²) in [6.07, 6.45) is 4.85. The molecule has 0 heterocycles. The molecule has 0 unspecified atom stereocenters. The van der Waals surface area contributed by atoms with Crippen LogP contribution in [0.25, 0.3) is 0 Å². The van der Waals surface area contributed by atoms with Crippen LogP contribution >= 0.6 is 11.8 Å². The molecule has 23 heavy (non-hydrogen) atoms. The van der Waals surface area contributed by atoms with Gasteiger partial charge < -0.3 is 5.32 Å². The van der Waals surface area contributed by atoms with E-state index in [1.807, 2.05) is 18.2 Å². The predicted molar refractivity (Wildman–Crippen MR) is 88.9 cm³/mol. The van der Waals surface area contributed by atoms with Gasteiger partial charge in [-0.25, -0.2) is 8.78 Å². The Kier molecular flexibility index (Phi) is 4.96. The number of para-hydroxylation sites is 1. The van der Waals surface area contributed by atoms with Gasteiger partial charge in [-0.1, -0.05) is 25.0 Å². The zero-order valence-electron chi connectivity index (χ0n) is 12.5. The van der Waals surface area contributed by atoms with Crippen molar-refractivity contribution >= 4 is 23.4 Å². The number of hydrogen-bond acceptors (Lipinski definition) is 2. The highest BCUT2D eigenvalue weighted by Gasteiger charge is 2.19. The van der Waals surface area contributed by atoms with Crippen molar-refractivity contribution in [2.45, 2.75) is 35.8 Å². The minimum absolute atomic E-state index is 0.160. The second kappa shape index (κ2) is 7.13. The fourth-order valence-corrected chi connectivity index (χ4v) is 4.05. The quantitative estimate of drug-likeness (QED) is 0.828. The van der Waals surface area contributed by atoms with Crippen molar-refractivity contribution in [3.05, 3.63) is 59.7 Å². The van der Waals surface area contributed by atoms with E-state index in [4.69, 9.17) is 0 Å². The highest BCUT2D eigenvalue weighted by Crippen LogP contribution is 2.38. The Morgan fingerprint density at radius 1 is 1.09 bits per heavy atom. The van der Waals surface area contributed by atoms with Crippen molar-refractivity contribution in [2.75, 3.05) is 5.32 Å². The van der Waals surface area contributed by atoms with Crippen molar-refractivity contribution in [2.24, 2.45) is 0 Å². The predicted octanol–water partition coefficient (Wildman–Crippen LogP) is 5.25. The molecule has 0 spiro atoms. The SMILES string of the molecule is O=C(Nc1ccccc1SC1CCCC1)c1ccc(F)cc1F. The maximum atomic E-state index is 13.7. The lowest BCUT2D eigenvalue weighted by atomic mass is 10.2. The summed E-state index contributed by atoms with van der Waals surface area (Å²) in [4.78, 5) is 13.2. The zero-order valence-corrected chi connectivity index (χ0v) is 13.3. The first-order chi connectivity index (χ1) is 11.1. The molecule has 120 valence electrons. The van der Waals surface area contributed by atoms with Crippen LogP contribution in [-0.4, -0.2) is 11.2 Å². The molecule has 1 aliphatic rings. The standard InChI is InChI=1S/C18H17F2NOS/c19-12-9-10-14(15(20)11-12)18(22)21-16-7-3-4-8-17(16)23-13-5-1-2-6-13/h3-4,7-11,13H,1-2,5-6H2,(H,21,22). The van der Waals surface area contributed by atoms with Crippen molar-refractivity contribution in [1.29, 1.82) is 0 Å². The van der Waals surface area contributed by atoms with E-state index in [-0.39, 0.29) is 5.56 Å². The van der Waals surface area contributed by atoms with Crippen molar-refractivity contribution in [3.8, 4) is 0 Å². The highest BCUT2D eigenvalue weighted by molar-refractivity contribution is 8.00. The molecule has 1 aliphatic carbocycles. The van der Waals surface area contributed by atoms with E-state index in [0.717, 1.165) is 17.0 Å². The monoisotopic (exact) mass is 333 g/mol. The second-order valence-electron chi connectivity index (χ2n) is 5.60. The summed E-state index contributed by atoms with van der Waals surface area (Å²) < 4.78 is 26.7. The third kappa shape index (κ3) is 3.91. The van der Waals surface area contributed by atoms with Crippen LogP contribution < -0.4 is 5.32 Å². The van der Waals surface area contributed by atoms with Crippen LogP contribution in [0, 0.1) is 11.6 Å². The minimum Gasteiger partial charge on any atom is -0.321 e. The first-order valence-electron chi connectivity index (χ1n) is 7.65. The Morgan fingerprint density at radius 2 is 1.83 bits per heavy atom. The van der Waals surface area contributed by atoms with Gasteiger partial charge in [0.1, 0.15) is 11.6 Å². The highest BCUT2D eigenvalue weighted by atomic mass is 32.2. The normalized spacial score (nSPS) is 14.9. The third-order valence-corrected chi connectivity index (χ3v) is 5.32. The topological polar surface area (TPSA) is 29.1 Å². The van der Waals surface area contributed by atoms with E-state index in [9.17, 15) is 13.6 Å². The van der Waals surface area contributed by atoms with Crippen LogP contribution in [0.15, 0.2) is 47.4 Å². The average Bonchev–Trinajstić information content (AvgIpc) is 3.02.